The molecule has 2 aliphatic heterocycles. The van der Waals surface area contributed by atoms with E-state index in [9.17, 15) is 9.59 Å². The Hall–Kier alpha value is -3.11. The molecule has 0 spiro atoms. The van der Waals surface area contributed by atoms with Crippen LogP contribution in [0.3, 0.4) is 0 Å². The lowest BCUT2D eigenvalue weighted by molar-refractivity contribution is 0.334. The van der Waals surface area contributed by atoms with Gasteiger partial charge in [-0.2, -0.15) is 0 Å². The average molecular weight is 480 g/mol. The van der Waals surface area contributed by atoms with Crippen molar-refractivity contribution in [1.29, 1.82) is 0 Å². The minimum atomic E-state index is -0.332. The maximum atomic E-state index is 12.9. The molecule has 1 unspecified atom stereocenters. The summed E-state index contributed by atoms with van der Waals surface area (Å²) < 4.78 is 6.66. The lowest BCUT2D eigenvalue weighted by Gasteiger charge is -2.34. The molecule has 3 aromatic rings. The maximum Gasteiger partial charge on any atom is 0.332 e. The number of piperazine rings is 1. The molecule has 1 aromatic carbocycles. The van der Waals surface area contributed by atoms with Gasteiger partial charge in [-0.25, -0.2) is 9.79 Å². The second kappa shape index (κ2) is 9.63. The fourth-order valence-corrected chi connectivity index (χ4v) is 5.35. The fraction of sp³-hybridized carbons (Fsp3) is 0.458. The summed E-state index contributed by atoms with van der Waals surface area (Å²) in [5.74, 6) is 1.74. The van der Waals surface area contributed by atoms with Crippen LogP contribution in [0, 0.1) is 5.92 Å². The first-order valence-corrected chi connectivity index (χ1v) is 12.6. The lowest BCUT2D eigenvalue weighted by atomic mass is 9.92. The van der Waals surface area contributed by atoms with Crippen molar-refractivity contribution in [3.63, 3.8) is 0 Å². The monoisotopic (exact) mass is 479 g/mol. The van der Waals surface area contributed by atoms with Crippen LogP contribution in [0.5, 0.6) is 0 Å². The summed E-state index contributed by atoms with van der Waals surface area (Å²) in [6, 6.07) is 8.50. The molecule has 2 aliphatic rings. The third kappa shape index (κ3) is 4.35. The molecule has 0 saturated carbocycles. The summed E-state index contributed by atoms with van der Waals surface area (Å²) >= 11 is 1.35. The molecule has 1 saturated heterocycles. The second-order valence-electron chi connectivity index (χ2n) is 8.98. The van der Waals surface area contributed by atoms with Crippen molar-refractivity contribution in [3.8, 4) is 11.3 Å². The molecule has 0 amide bonds. The van der Waals surface area contributed by atoms with Crippen molar-refractivity contribution < 1.29 is 0 Å². The van der Waals surface area contributed by atoms with Crippen LogP contribution in [0.2, 0.25) is 0 Å². The Balaban J connectivity index is 1.43. The number of fused-ring (bicyclic) bond motifs is 1. The topological polar surface area (TPSA) is 97.4 Å². The van der Waals surface area contributed by atoms with Crippen LogP contribution in [0.1, 0.15) is 24.0 Å². The number of hydrogen-bond donors (Lipinski definition) is 1. The van der Waals surface area contributed by atoms with Crippen molar-refractivity contribution in [2.45, 2.75) is 25.7 Å². The predicted molar refractivity (Wildman–Crippen MR) is 134 cm³/mol. The van der Waals surface area contributed by atoms with Gasteiger partial charge in [-0.05, 0) is 42.8 Å². The number of aryl methyl sites for hydroxylation is 1. The number of nitrogens with zero attached hydrogens (tertiary/aromatic N) is 6. The van der Waals surface area contributed by atoms with E-state index in [0.29, 0.717) is 17.8 Å². The van der Waals surface area contributed by atoms with Gasteiger partial charge in [-0.15, -0.1) is 5.10 Å². The van der Waals surface area contributed by atoms with Gasteiger partial charge in [-0.1, -0.05) is 28.8 Å². The van der Waals surface area contributed by atoms with E-state index in [1.165, 1.54) is 26.2 Å². The standard InChI is InChI=1S/C24H29N7O2S/c1-29-22-19(23(32)30(2)24(29)33)10-9-18(21(26-22)31-13-11-25-12-14-31)8-5-16-3-6-17(7-4-16)20-15-34-28-27-20/h3-4,6-7,15,18,25H,5,8-14H2,1-2H3. The van der Waals surface area contributed by atoms with Gasteiger partial charge < -0.3 is 10.2 Å². The van der Waals surface area contributed by atoms with Gasteiger partial charge in [0.1, 0.15) is 17.3 Å². The van der Waals surface area contributed by atoms with E-state index in [4.69, 9.17) is 4.99 Å². The minimum absolute atomic E-state index is 0.215. The number of amidine groups is 1. The Morgan fingerprint density at radius 2 is 1.85 bits per heavy atom. The highest BCUT2D eigenvalue weighted by Crippen LogP contribution is 2.29. The SMILES string of the molecule is Cn1c2c(c(=O)n(C)c1=O)CCC(CCc1ccc(-c3csnn3)cc1)C(N1CCNCC1)=N2. The largest absolute Gasteiger partial charge is 0.357 e. The number of nitrogens with one attached hydrogen (secondary N) is 1. The Kier molecular flexibility index (Phi) is 6.42. The molecule has 1 atom stereocenters. The molecule has 0 aliphatic carbocycles. The van der Waals surface area contributed by atoms with E-state index < -0.39 is 0 Å². The van der Waals surface area contributed by atoms with Crippen LogP contribution in [-0.4, -0.2) is 55.6 Å². The van der Waals surface area contributed by atoms with Crippen molar-refractivity contribution in [3.05, 3.63) is 61.6 Å². The first-order valence-electron chi connectivity index (χ1n) is 11.7. The zero-order valence-corrected chi connectivity index (χ0v) is 20.3. The van der Waals surface area contributed by atoms with Gasteiger partial charge in [0.2, 0.25) is 0 Å². The Morgan fingerprint density at radius 3 is 2.56 bits per heavy atom. The first kappa shape index (κ1) is 22.7. The van der Waals surface area contributed by atoms with Crippen LogP contribution >= 0.6 is 11.5 Å². The number of aromatic nitrogens is 4. The number of rotatable bonds is 4. The highest BCUT2D eigenvalue weighted by Gasteiger charge is 2.29. The highest BCUT2D eigenvalue weighted by atomic mass is 32.1. The first-order chi connectivity index (χ1) is 16.5. The molecule has 4 heterocycles. The summed E-state index contributed by atoms with van der Waals surface area (Å²) in [7, 11) is 3.25. The predicted octanol–water partition coefficient (Wildman–Crippen LogP) is 1.73. The fourth-order valence-electron chi connectivity index (χ4n) is 4.88. The molecule has 9 nitrogen and oxygen atoms in total. The van der Waals surface area contributed by atoms with E-state index in [1.807, 2.05) is 5.38 Å². The van der Waals surface area contributed by atoms with Gasteiger partial charge in [0.25, 0.3) is 5.56 Å². The minimum Gasteiger partial charge on any atom is -0.357 e. The Morgan fingerprint density at radius 1 is 1.09 bits per heavy atom. The summed E-state index contributed by atoms with van der Waals surface area (Å²) in [4.78, 5) is 32.8. The normalized spacial score (nSPS) is 18.4. The summed E-state index contributed by atoms with van der Waals surface area (Å²) in [5, 5.41) is 9.50. The van der Waals surface area contributed by atoms with Crippen LogP contribution in [0.15, 0.2) is 44.2 Å². The van der Waals surface area contributed by atoms with Gasteiger partial charge in [0.15, 0.2) is 0 Å². The van der Waals surface area contributed by atoms with E-state index >= 15 is 0 Å². The van der Waals surface area contributed by atoms with Crippen LogP contribution in [0.25, 0.3) is 11.3 Å². The van der Waals surface area contributed by atoms with Gasteiger partial charge >= 0.3 is 5.69 Å². The van der Waals surface area contributed by atoms with Crippen LogP contribution in [0.4, 0.5) is 5.82 Å². The zero-order chi connectivity index (χ0) is 23.7. The van der Waals surface area contributed by atoms with E-state index in [2.05, 4.69) is 44.1 Å². The molecule has 0 radical (unpaired) electrons. The quantitative estimate of drug-likeness (QED) is 0.612. The average Bonchev–Trinajstić information content (AvgIpc) is 3.34. The van der Waals surface area contributed by atoms with Crippen LogP contribution in [-0.2, 0) is 26.9 Å². The number of benzene rings is 1. The molecular weight excluding hydrogens is 450 g/mol. The molecule has 5 rings (SSSR count). The highest BCUT2D eigenvalue weighted by molar-refractivity contribution is 7.03. The molecular formula is C24H29N7O2S. The second-order valence-corrected chi connectivity index (χ2v) is 9.59. The van der Waals surface area contributed by atoms with Crippen LogP contribution < -0.4 is 16.6 Å². The number of aliphatic imine (C=N–C) groups is 1. The van der Waals surface area contributed by atoms with Gasteiger partial charge in [0.05, 0.1) is 5.56 Å². The summed E-state index contributed by atoms with van der Waals surface area (Å²) in [5.41, 5.74) is 3.31. The summed E-state index contributed by atoms with van der Waals surface area (Å²) in [6.07, 6.45) is 3.31. The molecule has 1 fully saturated rings. The Labute approximate surface area is 201 Å². The van der Waals surface area contributed by atoms with Crippen molar-refractivity contribution >= 4 is 23.2 Å². The molecule has 0 bridgehead atoms. The molecule has 34 heavy (non-hydrogen) atoms. The molecule has 10 heteroatoms. The molecule has 2 aromatic heterocycles. The smallest absolute Gasteiger partial charge is 0.332 e. The van der Waals surface area contributed by atoms with Gasteiger partial charge in [0, 0.05) is 57.1 Å². The third-order valence-corrected chi connectivity index (χ3v) is 7.39. The van der Waals surface area contributed by atoms with Crippen molar-refractivity contribution in [1.82, 2.24) is 28.9 Å². The maximum absolute atomic E-state index is 12.9. The molecule has 178 valence electrons. The number of hydrogen-bond acceptors (Lipinski definition) is 8. The van der Waals surface area contributed by atoms with E-state index in [1.54, 1.807) is 14.1 Å². The zero-order valence-electron chi connectivity index (χ0n) is 19.5. The Bertz CT molecular complexity index is 1300. The third-order valence-electron chi connectivity index (χ3n) is 6.88. The van der Waals surface area contributed by atoms with Crippen molar-refractivity contribution in [2.75, 3.05) is 26.2 Å². The molecule has 1 N–H and O–H groups in total. The van der Waals surface area contributed by atoms with Crippen molar-refractivity contribution in [2.24, 2.45) is 25.0 Å². The summed E-state index contributed by atoms with van der Waals surface area (Å²) in [6.45, 7) is 3.56. The van der Waals surface area contributed by atoms with E-state index in [0.717, 1.165) is 62.5 Å². The lowest BCUT2D eigenvalue weighted by Crippen LogP contribution is -2.48. The van der Waals surface area contributed by atoms with E-state index in [-0.39, 0.29) is 17.2 Å². The van der Waals surface area contributed by atoms with Gasteiger partial charge in [-0.3, -0.25) is 13.9 Å².